The second kappa shape index (κ2) is 4.14. The normalized spacial score (nSPS) is 18.3. The van der Waals surface area contributed by atoms with Crippen molar-refractivity contribution in [1.82, 2.24) is 0 Å². The molecule has 3 nitrogen and oxygen atoms in total. The van der Waals surface area contributed by atoms with E-state index < -0.39 is 0 Å². The fraction of sp³-hybridized carbons (Fsp3) is 0.364. The Labute approximate surface area is 93.5 Å². The first-order chi connectivity index (χ1) is 7.15. The molecule has 1 aliphatic rings. The number of hydrogen-bond acceptors (Lipinski definition) is 3. The number of benzene rings is 1. The quantitative estimate of drug-likeness (QED) is 0.595. The van der Waals surface area contributed by atoms with Gasteiger partial charge in [-0.25, -0.2) is 0 Å². The van der Waals surface area contributed by atoms with Gasteiger partial charge < -0.3 is 10.5 Å². The lowest BCUT2D eigenvalue weighted by atomic mass is 10.1. The van der Waals surface area contributed by atoms with Crippen LogP contribution in [-0.2, 0) is 12.2 Å². The van der Waals surface area contributed by atoms with E-state index in [2.05, 4.69) is 13.0 Å². The summed E-state index contributed by atoms with van der Waals surface area (Å²) in [5.74, 6) is 1.76. The number of rotatable bonds is 2. The monoisotopic (exact) mass is 222 g/mol. The summed E-state index contributed by atoms with van der Waals surface area (Å²) in [4.78, 5) is 0. The molecule has 0 fully saturated rings. The molecule has 0 bridgehead atoms. The molecule has 0 aliphatic carbocycles. The Kier molecular flexibility index (Phi) is 2.86. The number of hydrogen-bond donors (Lipinski definition) is 2. The third kappa shape index (κ3) is 2.45. The third-order valence-corrected chi connectivity index (χ3v) is 3.14. The maximum Gasteiger partial charge on any atom is 0.151 e. The number of nitrogens with one attached hydrogen (secondary N) is 1. The van der Waals surface area contributed by atoms with Gasteiger partial charge in [-0.15, -0.1) is 0 Å². The molecule has 0 saturated carbocycles. The highest BCUT2D eigenvalue weighted by atomic mass is 32.2. The number of ether oxygens (including phenoxy) is 1. The van der Waals surface area contributed by atoms with Crippen LogP contribution < -0.4 is 10.5 Å². The maximum absolute atomic E-state index is 7.14. The summed E-state index contributed by atoms with van der Waals surface area (Å²) < 4.78 is 5.61. The fourth-order valence-corrected chi connectivity index (χ4v) is 2.23. The molecule has 80 valence electrons. The van der Waals surface area contributed by atoms with E-state index in [-0.39, 0.29) is 11.3 Å². The molecule has 4 heteroatoms. The van der Waals surface area contributed by atoms with Gasteiger partial charge in [-0.3, -0.25) is 5.41 Å². The number of thioether (sulfide) groups is 1. The highest BCUT2D eigenvalue weighted by Gasteiger charge is 2.18. The molecule has 1 aromatic carbocycles. The van der Waals surface area contributed by atoms with Crippen LogP contribution in [0.15, 0.2) is 18.2 Å². The number of amidine groups is 1. The molecule has 0 radical (unpaired) electrons. The van der Waals surface area contributed by atoms with E-state index in [0.29, 0.717) is 0 Å². The van der Waals surface area contributed by atoms with Crippen molar-refractivity contribution < 1.29 is 4.74 Å². The van der Waals surface area contributed by atoms with Crippen LogP contribution in [0.3, 0.4) is 0 Å². The van der Waals surface area contributed by atoms with E-state index in [9.17, 15) is 0 Å². The minimum absolute atomic E-state index is 0.167. The topological polar surface area (TPSA) is 59.1 Å². The Morgan fingerprint density at radius 2 is 2.47 bits per heavy atom. The van der Waals surface area contributed by atoms with Crippen molar-refractivity contribution in [3.8, 4) is 5.75 Å². The van der Waals surface area contributed by atoms with Gasteiger partial charge in [-0.2, -0.15) is 0 Å². The van der Waals surface area contributed by atoms with Crippen LogP contribution in [0.5, 0.6) is 5.75 Å². The smallest absolute Gasteiger partial charge is 0.151 e. The minimum Gasteiger partial charge on any atom is -0.490 e. The lowest BCUT2D eigenvalue weighted by Gasteiger charge is -2.03. The molecule has 1 heterocycles. The maximum atomic E-state index is 7.14. The summed E-state index contributed by atoms with van der Waals surface area (Å²) in [5.41, 5.74) is 7.77. The summed E-state index contributed by atoms with van der Waals surface area (Å²) in [5, 5.41) is 7.31. The molecule has 1 atom stereocenters. The van der Waals surface area contributed by atoms with Gasteiger partial charge in [-0.1, -0.05) is 23.9 Å². The summed E-state index contributed by atoms with van der Waals surface area (Å²) in [6, 6.07) is 6.19. The van der Waals surface area contributed by atoms with Gasteiger partial charge in [0.15, 0.2) is 5.17 Å². The summed E-state index contributed by atoms with van der Waals surface area (Å²) in [6.07, 6.45) is 1.27. The first-order valence-corrected chi connectivity index (χ1v) is 5.89. The van der Waals surface area contributed by atoms with Crippen LogP contribution in [0.4, 0.5) is 0 Å². The van der Waals surface area contributed by atoms with Crippen molar-refractivity contribution in [2.45, 2.75) is 25.2 Å². The standard InChI is InChI=1S/C11H14N2OS/c1-7-4-9-5-8(6-15-11(12)13)2-3-10(9)14-7/h2-3,5,7H,4,6H2,1H3,(H3,12,13). The average Bonchev–Trinajstić information content (AvgIpc) is 2.53. The Bertz CT molecular complexity index is 392. The fourth-order valence-electron chi connectivity index (χ4n) is 1.73. The van der Waals surface area contributed by atoms with Crippen molar-refractivity contribution in [3.63, 3.8) is 0 Å². The zero-order valence-corrected chi connectivity index (χ0v) is 9.43. The van der Waals surface area contributed by atoms with E-state index in [4.69, 9.17) is 15.9 Å². The van der Waals surface area contributed by atoms with Crippen molar-refractivity contribution >= 4 is 16.9 Å². The van der Waals surface area contributed by atoms with Gasteiger partial charge in [0.1, 0.15) is 11.9 Å². The molecule has 2 rings (SSSR count). The molecule has 3 N–H and O–H groups in total. The second-order valence-electron chi connectivity index (χ2n) is 3.73. The lowest BCUT2D eigenvalue weighted by Crippen LogP contribution is -2.05. The molecule has 0 aromatic heterocycles. The SMILES string of the molecule is CC1Cc2cc(CSC(=N)N)ccc2O1. The first kappa shape index (κ1) is 10.4. The number of fused-ring (bicyclic) bond motifs is 1. The summed E-state index contributed by atoms with van der Waals surface area (Å²) in [6.45, 7) is 2.07. The van der Waals surface area contributed by atoms with E-state index >= 15 is 0 Å². The Hall–Kier alpha value is -1.16. The Balaban J connectivity index is 2.09. The highest BCUT2D eigenvalue weighted by molar-refractivity contribution is 8.13. The molecule has 1 aromatic rings. The molecule has 1 aliphatic heterocycles. The van der Waals surface area contributed by atoms with Crippen molar-refractivity contribution in [2.75, 3.05) is 0 Å². The van der Waals surface area contributed by atoms with Crippen LogP contribution in [0, 0.1) is 5.41 Å². The third-order valence-electron chi connectivity index (χ3n) is 2.35. The van der Waals surface area contributed by atoms with E-state index in [1.54, 1.807) is 0 Å². The molecule has 0 amide bonds. The molecular formula is C11H14N2OS. The zero-order chi connectivity index (χ0) is 10.8. The van der Waals surface area contributed by atoms with Crippen LogP contribution in [0.1, 0.15) is 18.1 Å². The van der Waals surface area contributed by atoms with Crippen LogP contribution in [0.2, 0.25) is 0 Å². The molecule has 1 unspecified atom stereocenters. The van der Waals surface area contributed by atoms with Gasteiger partial charge in [0, 0.05) is 12.2 Å². The Morgan fingerprint density at radius 1 is 1.67 bits per heavy atom. The predicted octanol–water partition coefficient (Wildman–Crippen LogP) is 2.14. The van der Waals surface area contributed by atoms with Crippen molar-refractivity contribution in [3.05, 3.63) is 29.3 Å². The van der Waals surface area contributed by atoms with Gasteiger partial charge in [0.2, 0.25) is 0 Å². The van der Waals surface area contributed by atoms with E-state index in [0.717, 1.165) is 17.9 Å². The van der Waals surface area contributed by atoms with Gasteiger partial charge in [0.25, 0.3) is 0 Å². The average molecular weight is 222 g/mol. The van der Waals surface area contributed by atoms with Crippen molar-refractivity contribution in [1.29, 1.82) is 5.41 Å². The predicted molar refractivity (Wildman–Crippen MR) is 63.4 cm³/mol. The summed E-state index contributed by atoms with van der Waals surface area (Å²) in [7, 11) is 0. The molecule has 0 saturated heterocycles. The van der Waals surface area contributed by atoms with Gasteiger partial charge >= 0.3 is 0 Å². The molecule has 0 spiro atoms. The second-order valence-corrected chi connectivity index (χ2v) is 4.74. The van der Waals surface area contributed by atoms with Crippen LogP contribution in [0.25, 0.3) is 0 Å². The van der Waals surface area contributed by atoms with E-state index in [1.165, 1.54) is 22.9 Å². The molecular weight excluding hydrogens is 208 g/mol. The lowest BCUT2D eigenvalue weighted by molar-refractivity contribution is 0.254. The Morgan fingerprint density at radius 3 is 3.20 bits per heavy atom. The largest absolute Gasteiger partial charge is 0.490 e. The highest BCUT2D eigenvalue weighted by Crippen LogP contribution is 2.30. The zero-order valence-electron chi connectivity index (χ0n) is 8.62. The number of nitrogens with two attached hydrogens (primary N) is 1. The molecule has 15 heavy (non-hydrogen) atoms. The van der Waals surface area contributed by atoms with Crippen LogP contribution >= 0.6 is 11.8 Å². The van der Waals surface area contributed by atoms with Crippen molar-refractivity contribution in [2.24, 2.45) is 5.73 Å². The first-order valence-electron chi connectivity index (χ1n) is 4.90. The van der Waals surface area contributed by atoms with E-state index in [1.807, 2.05) is 12.1 Å². The van der Waals surface area contributed by atoms with Gasteiger partial charge in [0.05, 0.1) is 0 Å². The summed E-state index contributed by atoms with van der Waals surface area (Å²) >= 11 is 1.35. The van der Waals surface area contributed by atoms with Gasteiger partial charge in [-0.05, 0) is 24.1 Å². The van der Waals surface area contributed by atoms with Crippen LogP contribution in [-0.4, -0.2) is 11.3 Å². The minimum atomic E-state index is 0.167.